The van der Waals surface area contributed by atoms with Crippen LogP contribution in [0.15, 0.2) is 12.4 Å². The maximum absolute atomic E-state index is 12.4. The largest absolute Gasteiger partial charge is 0.349 e. The van der Waals surface area contributed by atoms with Crippen molar-refractivity contribution in [3.05, 3.63) is 23.8 Å². The van der Waals surface area contributed by atoms with Gasteiger partial charge in [-0.15, -0.1) is 0 Å². The summed E-state index contributed by atoms with van der Waals surface area (Å²) in [6.07, 6.45) is 8.77. The second kappa shape index (κ2) is 6.47. The number of nitrogens with one attached hydrogen (secondary N) is 1. The fraction of sp³-hybridized carbons (Fsp3) is 0.600. The van der Waals surface area contributed by atoms with E-state index in [1.165, 1.54) is 0 Å². The van der Waals surface area contributed by atoms with E-state index < -0.39 is 5.41 Å². The molecule has 1 aromatic rings. The predicted octanol–water partition coefficient (Wildman–Crippen LogP) is 2.27. The van der Waals surface area contributed by atoms with Gasteiger partial charge in [0.15, 0.2) is 0 Å². The first-order valence-corrected chi connectivity index (χ1v) is 7.13. The highest BCUT2D eigenvalue weighted by Crippen LogP contribution is 2.34. The van der Waals surface area contributed by atoms with Crippen molar-refractivity contribution in [2.75, 3.05) is 0 Å². The summed E-state index contributed by atoms with van der Waals surface area (Å²) in [5.74, 6) is -0.163. The average Bonchev–Trinajstić information content (AvgIpc) is 2.73. The van der Waals surface area contributed by atoms with Gasteiger partial charge in [0, 0.05) is 6.20 Å². The van der Waals surface area contributed by atoms with Crippen LogP contribution < -0.4 is 5.32 Å². The number of hydrogen-bond acceptors (Lipinski definition) is 4. The Morgan fingerprint density at radius 2 is 2.00 bits per heavy atom. The standard InChI is InChI=1S/C15H20N4O/c1-12-8-18-13(9-17-12)10-19-14(20)15(11-16)6-4-2-3-5-7-15/h8-9H,2-7,10H2,1H3,(H,19,20). The van der Waals surface area contributed by atoms with E-state index in [-0.39, 0.29) is 5.91 Å². The SMILES string of the molecule is Cc1cnc(CNC(=O)C2(C#N)CCCCCC2)cn1. The van der Waals surface area contributed by atoms with Crippen molar-refractivity contribution >= 4 is 5.91 Å². The number of carbonyl (C=O) groups excluding carboxylic acids is 1. The van der Waals surface area contributed by atoms with Crippen LogP contribution in [0.25, 0.3) is 0 Å². The number of carbonyl (C=O) groups is 1. The summed E-state index contributed by atoms with van der Waals surface area (Å²) in [5.41, 5.74) is 0.706. The summed E-state index contributed by atoms with van der Waals surface area (Å²) in [6, 6.07) is 2.25. The first kappa shape index (κ1) is 14.4. The molecule has 0 radical (unpaired) electrons. The number of hydrogen-bond donors (Lipinski definition) is 1. The first-order chi connectivity index (χ1) is 9.66. The maximum Gasteiger partial charge on any atom is 0.240 e. The van der Waals surface area contributed by atoms with Gasteiger partial charge in [0.1, 0.15) is 5.41 Å². The van der Waals surface area contributed by atoms with Gasteiger partial charge < -0.3 is 5.32 Å². The van der Waals surface area contributed by atoms with E-state index in [4.69, 9.17) is 0 Å². The number of amides is 1. The van der Waals surface area contributed by atoms with Gasteiger partial charge in [0.25, 0.3) is 0 Å². The van der Waals surface area contributed by atoms with Crippen LogP contribution in [0.4, 0.5) is 0 Å². The first-order valence-electron chi connectivity index (χ1n) is 7.13. The Morgan fingerprint density at radius 3 is 2.55 bits per heavy atom. The maximum atomic E-state index is 12.4. The fourth-order valence-corrected chi connectivity index (χ4v) is 2.57. The minimum Gasteiger partial charge on any atom is -0.349 e. The van der Waals surface area contributed by atoms with E-state index in [0.717, 1.165) is 31.4 Å². The number of nitrogens with zero attached hydrogens (tertiary/aromatic N) is 3. The lowest BCUT2D eigenvalue weighted by atomic mass is 9.81. The molecule has 5 nitrogen and oxygen atoms in total. The zero-order chi connectivity index (χ0) is 14.4. The molecule has 0 spiro atoms. The van der Waals surface area contributed by atoms with Crippen molar-refractivity contribution in [3.63, 3.8) is 0 Å². The van der Waals surface area contributed by atoms with Gasteiger partial charge >= 0.3 is 0 Å². The molecule has 1 fully saturated rings. The van der Waals surface area contributed by atoms with Crippen molar-refractivity contribution < 1.29 is 4.79 Å². The Balaban J connectivity index is 1.99. The third-order valence-corrected chi connectivity index (χ3v) is 3.87. The molecule has 1 aliphatic rings. The average molecular weight is 272 g/mol. The van der Waals surface area contributed by atoms with Crippen LogP contribution in [0.1, 0.15) is 49.9 Å². The zero-order valence-electron chi connectivity index (χ0n) is 11.9. The third kappa shape index (κ3) is 3.32. The smallest absolute Gasteiger partial charge is 0.240 e. The number of nitriles is 1. The molecule has 0 aromatic carbocycles. The molecule has 0 bridgehead atoms. The molecular formula is C15H20N4O. The zero-order valence-corrected chi connectivity index (χ0v) is 11.9. The Hall–Kier alpha value is -1.96. The van der Waals surface area contributed by atoms with E-state index in [0.29, 0.717) is 25.1 Å². The highest BCUT2D eigenvalue weighted by atomic mass is 16.2. The van der Waals surface area contributed by atoms with E-state index in [9.17, 15) is 10.1 Å². The Morgan fingerprint density at radius 1 is 1.30 bits per heavy atom. The molecule has 2 rings (SSSR count). The van der Waals surface area contributed by atoms with E-state index in [2.05, 4.69) is 21.4 Å². The van der Waals surface area contributed by atoms with Gasteiger partial charge in [-0.05, 0) is 19.8 Å². The third-order valence-electron chi connectivity index (χ3n) is 3.87. The molecule has 1 amide bonds. The highest BCUT2D eigenvalue weighted by Gasteiger charge is 2.38. The van der Waals surface area contributed by atoms with Crippen molar-refractivity contribution in [2.24, 2.45) is 5.41 Å². The van der Waals surface area contributed by atoms with Crippen molar-refractivity contribution in [2.45, 2.75) is 52.0 Å². The quantitative estimate of drug-likeness (QED) is 0.856. The van der Waals surface area contributed by atoms with Gasteiger partial charge in [-0.3, -0.25) is 14.8 Å². The molecule has 20 heavy (non-hydrogen) atoms. The van der Waals surface area contributed by atoms with Crippen LogP contribution >= 0.6 is 0 Å². The Kier molecular flexibility index (Phi) is 4.67. The van der Waals surface area contributed by atoms with Crippen LogP contribution in [-0.4, -0.2) is 15.9 Å². The fourth-order valence-electron chi connectivity index (χ4n) is 2.57. The molecule has 1 N–H and O–H groups in total. The Bertz CT molecular complexity index is 496. The summed E-state index contributed by atoms with van der Waals surface area (Å²) in [5, 5.41) is 12.3. The van der Waals surface area contributed by atoms with Crippen molar-refractivity contribution in [1.29, 1.82) is 5.26 Å². The van der Waals surface area contributed by atoms with Gasteiger partial charge in [-0.25, -0.2) is 0 Å². The van der Waals surface area contributed by atoms with Crippen LogP contribution in [0.3, 0.4) is 0 Å². The Labute approximate surface area is 119 Å². The predicted molar refractivity (Wildman–Crippen MR) is 74.4 cm³/mol. The number of aromatic nitrogens is 2. The van der Waals surface area contributed by atoms with Crippen LogP contribution in [0.5, 0.6) is 0 Å². The summed E-state index contributed by atoms with van der Waals surface area (Å²) in [7, 11) is 0. The van der Waals surface area contributed by atoms with Crippen LogP contribution in [0.2, 0.25) is 0 Å². The summed E-state index contributed by atoms with van der Waals surface area (Å²) >= 11 is 0. The second-order valence-electron chi connectivity index (χ2n) is 5.44. The molecule has 1 saturated carbocycles. The molecule has 0 atom stereocenters. The highest BCUT2D eigenvalue weighted by molar-refractivity contribution is 5.85. The lowest BCUT2D eigenvalue weighted by molar-refractivity contribution is -0.129. The second-order valence-corrected chi connectivity index (χ2v) is 5.44. The molecule has 0 aliphatic heterocycles. The lowest BCUT2D eigenvalue weighted by Crippen LogP contribution is -2.39. The molecular weight excluding hydrogens is 252 g/mol. The monoisotopic (exact) mass is 272 g/mol. The molecule has 0 unspecified atom stereocenters. The van der Waals surface area contributed by atoms with Gasteiger partial charge in [-0.1, -0.05) is 25.7 Å². The summed E-state index contributed by atoms with van der Waals surface area (Å²) < 4.78 is 0. The van der Waals surface area contributed by atoms with Crippen molar-refractivity contribution in [3.8, 4) is 6.07 Å². The summed E-state index contributed by atoms with van der Waals surface area (Å²) in [4.78, 5) is 20.7. The van der Waals surface area contributed by atoms with E-state index in [1.807, 2.05) is 6.92 Å². The van der Waals surface area contributed by atoms with Crippen LogP contribution in [-0.2, 0) is 11.3 Å². The molecule has 1 aliphatic carbocycles. The van der Waals surface area contributed by atoms with Gasteiger partial charge in [0.05, 0.1) is 30.2 Å². The molecule has 1 aromatic heterocycles. The van der Waals surface area contributed by atoms with E-state index >= 15 is 0 Å². The van der Waals surface area contributed by atoms with Gasteiger partial charge in [0.2, 0.25) is 5.91 Å². The molecule has 106 valence electrons. The van der Waals surface area contributed by atoms with E-state index in [1.54, 1.807) is 12.4 Å². The van der Waals surface area contributed by atoms with Crippen LogP contribution in [0, 0.1) is 23.7 Å². The lowest BCUT2D eigenvalue weighted by Gasteiger charge is -2.23. The normalized spacial score (nSPS) is 17.8. The van der Waals surface area contributed by atoms with Gasteiger partial charge in [-0.2, -0.15) is 5.26 Å². The van der Waals surface area contributed by atoms with Crippen molar-refractivity contribution in [1.82, 2.24) is 15.3 Å². The minimum absolute atomic E-state index is 0.163. The minimum atomic E-state index is -0.853. The topological polar surface area (TPSA) is 78.7 Å². The molecule has 1 heterocycles. The molecule has 5 heteroatoms. The number of aryl methyl sites for hydroxylation is 1. The number of rotatable bonds is 3. The summed E-state index contributed by atoms with van der Waals surface area (Å²) in [6.45, 7) is 2.20. The molecule has 0 saturated heterocycles.